The van der Waals surface area contributed by atoms with E-state index in [2.05, 4.69) is 0 Å². The first-order chi connectivity index (χ1) is 15.5. The maximum atomic E-state index is 13.6. The Kier molecular flexibility index (Phi) is 4.98. The van der Waals surface area contributed by atoms with Crippen molar-refractivity contribution in [3.63, 3.8) is 0 Å². The molecule has 5 nitrogen and oxygen atoms in total. The first-order valence-corrected chi connectivity index (χ1v) is 10.7. The molecule has 2 heterocycles. The number of benzene rings is 3. The number of halogens is 1. The van der Waals surface area contributed by atoms with E-state index in [1.165, 1.54) is 0 Å². The minimum atomic E-state index is -0.653. The Morgan fingerprint density at radius 2 is 1.81 bits per heavy atom. The minimum Gasteiger partial charge on any atom is -0.494 e. The summed E-state index contributed by atoms with van der Waals surface area (Å²) in [5.74, 6) is 0.366. The van der Waals surface area contributed by atoms with E-state index in [1.807, 2.05) is 62.4 Å². The Bertz CT molecular complexity index is 1410. The normalized spacial score (nSPS) is 15.3. The van der Waals surface area contributed by atoms with Gasteiger partial charge in [-0.25, -0.2) is 0 Å². The number of carbonyl (C=O) groups is 1. The van der Waals surface area contributed by atoms with Crippen molar-refractivity contribution in [1.82, 2.24) is 0 Å². The van der Waals surface area contributed by atoms with Gasteiger partial charge in [-0.15, -0.1) is 0 Å². The van der Waals surface area contributed by atoms with Crippen LogP contribution in [-0.2, 0) is 0 Å². The summed E-state index contributed by atoms with van der Waals surface area (Å²) in [6.07, 6.45) is 0. The van der Waals surface area contributed by atoms with Gasteiger partial charge in [-0.1, -0.05) is 41.4 Å². The molecular weight excluding hydrogens is 426 g/mol. The number of hydrogen-bond acceptors (Lipinski definition) is 4. The molecule has 0 spiro atoms. The number of rotatable bonds is 4. The van der Waals surface area contributed by atoms with Crippen molar-refractivity contribution < 1.29 is 13.9 Å². The fourth-order valence-corrected chi connectivity index (χ4v) is 4.35. The quantitative estimate of drug-likeness (QED) is 0.392. The summed E-state index contributed by atoms with van der Waals surface area (Å²) in [6, 6.07) is 19.3. The molecule has 0 saturated carbocycles. The summed E-state index contributed by atoms with van der Waals surface area (Å²) in [4.78, 5) is 28.8. The highest BCUT2D eigenvalue weighted by Crippen LogP contribution is 2.42. The average molecular weight is 446 g/mol. The zero-order chi connectivity index (χ0) is 22.4. The SMILES string of the molecule is CCOc1cccc(C2c3c(oc4ccc(Cl)cc4c3=O)C(=O)N2c2ccc(C)cc2)c1. The summed E-state index contributed by atoms with van der Waals surface area (Å²) >= 11 is 6.14. The van der Waals surface area contributed by atoms with Crippen LogP contribution in [0.4, 0.5) is 5.69 Å². The van der Waals surface area contributed by atoms with Crippen LogP contribution in [0.15, 0.2) is 75.9 Å². The Hall–Kier alpha value is -3.57. The van der Waals surface area contributed by atoms with Gasteiger partial charge in [0.05, 0.1) is 23.6 Å². The third-order valence-corrected chi connectivity index (χ3v) is 5.86. The van der Waals surface area contributed by atoms with Gasteiger partial charge in [-0.05, 0) is 61.9 Å². The molecule has 1 aromatic heterocycles. The van der Waals surface area contributed by atoms with Gasteiger partial charge in [-0.2, -0.15) is 0 Å². The van der Waals surface area contributed by atoms with E-state index in [1.54, 1.807) is 23.1 Å². The van der Waals surface area contributed by atoms with E-state index in [-0.39, 0.29) is 17.1 Å². The standard InChI is InChI=1S/C26H20ClNO4/c1-3-31-19-6-4-5-16(13-19)23-22-24(29)20-14-17(27)9-12-21(20)32-25(22)26(30)28(23)18-10-7-15(2)8-11-18/h4-14,23H,3H2,1-2H3. The molecule has 1 aliphatic rings. The van der Waals surface area contributed by atoms with Gasteiger partial charge >= 0.3 is 0 Å². The maximum Gasteiger partial charge on any atom is 0.295 e. The highest BCUT2D eigenvalue weighted by Gasteiger charge is 2.43. The van der Waals surface area contributed by atoms with Crippen LogP contribution < -0.4 is 15.1 Å². The topological polar surface area (TPSA) is 59.8 Å². The van der Waals surface area contributed by atoms with E-state index in [4.69, 9.17) is 20.8 Å². The van der Waals surface area contributed by atoms with Crippen molar-refractivity contribution >= 4 is 34.2 Å². The van der Waals surface area contributed by atoms with Gasteiger partial charge in [0.1, 0.15) is 11.3 Å². The number of amides is 1. The van der Waals surface area contributed by atoms with E-state index >= 15 is 0 Å². The molecule has 6 heteroatoms. The van der Waals surface area contributed by atoms with Crippen LogP contribution in [0.2, 0.25) is 5.02 Å². The van der Waals surface area contributed by atoms with Crippen molar-refractivity contribution in [2.75, 3.05) is 11.5 Å². The van der Waals surface area contributed by atoms with Crippen LogP contribution in [0.25, 0.3) is 11.0 Å². The number of anilines is 1. The largest absolute Gasteiger partial charge is 0.494 e. The number of ether oxygens (including phenoxy) is 1. The fraction of sp³-hybridized carbons (Fsp3) is 0.154. The Morgan fingerprint density at radius 1 is 1.03 bits per heavy atom. The monoisotopic (exact) mass is 445 g/mol. The summed E-state index contributed by atoms with van der Waals surface area (Å²) in [7, 11) is 0. The highest BCUT2D eigenvalue weighted by atomic mass is 35.5. The molecule has 0 N–H and O–H groups in total. The van der Waals surface area contributed by atoms with Crippen LogP contribution in [0.3, 0.4) is 0 Å². The molecule has 4 aromatic rings. The Morgan fingerprint density at radius 3 is 2.56 bits per heavy atom. The van der Waals surface area contributed by atoms with Gasteiger partial charge in [0, 0.05) is 10.7 Å². The van der Waals surface area contributed by atoms with E-state index in [0.717, 1.165) is 11.1 Å². The molecule has 5 rings (SSSR count). The van der Waals surface area contributed by atoms with Crippen LogP contribution in [0.5, 0.6) is 5.75 Å². The number of hydrogen-bond donors (Lipinski definition) is 0. The Labute approximate surface area is 189 Å². The number of carbonyl (C=O) groups excluding carboxylic acids is 1. The zero-order valence-corrected chi connectivity index (χ0v) is 18.3. The van der Waals surface area contributed by atoms with Crippen LogP contribution in [0.1, 0.15) is 40.2 Å². The number of nitrogens with zero attached hydrogens (tertiary/aromatic N) is 1. The molecule has 160 valence electrons. The first kappa shape index (κ1) is 20.3. The van der Waals surface area contributed by atoms with Gasteiger partial charge in [0.25, 0.3) is 5.91 Å². The second kappa shape index (κ2) is 7.84. The Balaban J connectivity index is 1.79. The summed E-state index contributed by atoms with van der Waals surface area (Å²) in [5.41, 5.74) is 2.89. The fourth-order valence-electron chi connectivity index (χ4n) is 4.17. The molecule has 3 aromatic carbocycles. The first-order valence-electron chi connectivity index (χ1n) is 10.4. The van der Waals surface area contributed by atoms with Crippen molar-refractivity contribution in [2.24, 2.45) is 0 Å². The zero-order valence-electron chi connectivity index (χ0n) is 17.6. The lowest BCUT2D eigenvalue weighted by molar-refractivity contribution is 0.0971. The molecule has 0 aliphatic carbocycles. The van der Waals surface area contributed by atoms with E-state index in [0.29, 0.717) is 39.6 Å². The molecule has 1 amide bonds. The maximum absolute atomic E-state index is 13.6. The van der Waals surface area contributed by atoms with Crippen LogP contribution >= 0.6 is 11.6 Å². The molecule has 1 atom stereocenters. The second-order valence-corrected chi connectivity index (χ2v) is 8.17. The second-order valence-electron chi connectivity index (χ2n) is 7.73. The summed E-state index contributed by atoms with van der Waals surface area (Å²) in [6.45, 7) is 4.40. The van der Waals surface area contributed by atoms with Crippen molar-refractivity contribution in [3.05, 3.63) is 104 Å². The van der Waals surface area contributed by atoms with Gasteiger partial charge in [0.15, 0.2) is 5.43 Å². The minimum absolute atomic E-state index is 0.0530. The van der Waals surface area contributed by atoms with Crippen molar-refractivity contribution in [2.45, 2.75) is 19.9 Å². The average Bonchev–Trinajstić information content (AvgIpc) is 3.08. The summed E-state index contributed by atoms with van der Waals surface area (Å²) in [5, 5.41) is 0.778. The smallest absolute Gasteiger partial charge is 0.295 e. The highest BCUT2D eigenvalue weighted by molar-refractivity contribution is 6.31. The molecule has 0 bridgehead atoms. The number of aryl methyl sites for hydroxylation is 1. The molecule has 0 saturated heterocycles. The van der Waals surface area contributed by atoms with Gasteiger partial charge < -0.3 is 9.15 Å². The molecule has 0 fully saturated rings. The lowest BCUT2D eigenvalue weighted by atomic mass is 9.98. The third-order valence-electron chi connectivity index (χ3n) is 5.63. The lowest BCUT2D eigenvalue weighted by Crippen LogP contribution is -2.29. The lowest BCUT2D eigenvalue weighted by Gasteiger charge is -2.25. The molecule has 0 radical (unpaired) electrons. The molecule has 1 aliphatic heterocycles. The van der Waals surface area contributed by atoms with E-state index in [9.17, 15) is 9.59 Å². The molecular formula is C26H20ClNO4. The molecule has 1 unspecified atom stereocenters. The van der Waals surface area contributed by atoms with Crippen molar-refractivity contribution in [1.29, 1.82) is 0 Å². The van der Waals surface area contributed by atoms with Gasteiger partial charge in [0.2, 0.25) is 5.76 Å². The van der Waals surface area contributed by atoms with Crippen LogP contribution in [-0.4, -0.2) is 12.5 Å². The van der Waals surface area contributed by atoms with Crippen molar-refractivity contribution in [3.8, 4) is 5.75 Å². The van der Waals surface area contributed by atoms with Crippen LogP contribution in [0, 0.1) is 6.92 Å². The summed E-state index contributed by atoms with van der Waals surface area (Å²) < 4.78 is 11.6. The third kappa shape index (κ3) is 3.26. The molecule has 32 heavy (non-hydrogen) atoms. The van der Waals surface area contributed by atoms with Gasteiger partial charge in [-0.3, -0.25) is 14.5 Å². The van der Waals surface area contributed by atoms with E-state index < -0.39 is 6.04 Å². The predicted molar refractivity (Wildman–Crippen MR) is 125 cm³/mol. The number of fused-ring (bicyclic) bond motifs is 2. The predicted octanol–water partition coefficient (Wildman–Crippen LogP) is 5.90.